The maximum absolute atomic E-state index is 13.3. The summed E-state index contributed by atoms with van der Waals surface area (Å²) in [6.07, 6.45) is 0.0598. The number of anilines is 1. The second kappa shape index (κ2) is 10.7. The van der Waals surface area contributed by atoms with Gasteiger partial charge in [0.15, 0.2) is 0 Å². The molecule has 1 aliphatic rings. The van der Waals surface area contributed by atoms with E-state index in [-0.39, 0.29) is 11.9 Å². The van der Waals surface area contributed by atoms with E-state index in [0.29, 0.717) is 5.56 Å². The van der Waals surface area contributed by atoms with Crippen LogP contribution >= 0.6 is 0 Å². The Balaban J connectivity index is 1.48. The van der Waals surface area contributed by atoms with Crippen LogP contribution in [0, 0.1) is 0 Å². The smallest absolute Gasteiger partial charge is 0.306 e. The molecule has 0 aromatic heterocycles. The van der Waals surface area contributed by atoms with Crippen molar-refractivity contribution in [2.45, 2.75) is 31.6 Å². The molecule has 0 bridgehead atoms. The number of para-hydroxylation sites is 1. The Morgan fingerprint density at radius 1 is 0.912 bits per heavy atom. The number of piperidine rings is 1. The molecule has 3 nitrogen and oxygen atoms in total. The maximum atomic E-state index is 13.3. The zero-order chi connectivity index (χ0) is 24.0. The number of halogens is 3. The van der Waals surface area contributed by atoms with Crippen molar-refractivity contribution in [2.24, 2.45) is 0 Å². The van der Waals surface area contributed by atoms with Crippen molar-refractivity contribution in [3.8, 4) is 0 Å². The molecule has 0 radical (unpaired) electrons. The molecule has 1 aliphatic heterocycles. The minimum atomic E-state index is -4.42. The SMILES string of the molecule is O=C(/C=C/c1cccc(C(F)(F)F)c1)N(c1ccccc1)C1CCN(Cc2ccccc2)CC1. The van der Waals surface area contributed by atoms with Crippen LogP contribution in [0.4, 0.5) is 18.9 Å². The number of alkyl halides is 3. The molecule has 0 spiro atoms. The second-order valence-corrected chi connectivity index (χ2v) is 8.49. The number of nitrogens with zero attached hydrogens (tertiary/aromatic N) is 2. The maximum Gasteiger partial charge on any atom is 0.416 e. The molecule has 1 fully saturated rings. The van der Waals surface area contributed by atoms with E-state index in [0.717, 1.165) is 50.3 Å². The Bertz CT molecular complexity index is 1110. The summed E-state index contributed by atoms with van der Waals surface area (Å²) < 4.78 is 39.1. The molecule has 0 aliphatic carbocycles. The van der Waals surface area contributed by atoms with Crippen LogP contribution in [0.3, 0.4) is 0 Å². The molecule has 4 rings (SSSR count). The lowest BCUT2D eigenvalue weighted by atomic mass is 10.0. The van der Waals surface area contributed by atoms with Crippen LogP contribution in [0.5, 0.6) is 0 Å². The first-order valence-corrected chi connectivity index (χ1v) is 11.4. The van der Waals surface area contributed by atoms with Crippen molar-refractivity contribution in [2.75, 3.05) is 18.0 Å². The zero-order valence-electron chi connectivity index (χ0n) is 18.8. The molecule has 1 amide bonds. The third-order valence-electron chi connectivity index (χ3n) is 6.08. The monoisotopic (exact) mass is 464 g/mol. The van der Waals surface area contributed by atoms with Gasteiger partial charge in [0.2, 0.25) is 0 Å². The summed E-state index contributed by atoms with van der Waals surface area (Å²) in [6.45, 7) is 2.61. The molecule has 0 saturated carbocycles. The quantitative estimate of drug-likeness (QED) is 0.393. The van der Waals surface area contributed by atoms with Crippen LogP contribution in [0.15, 0.2) is 91.0 Å². The van der Waals surface area contributed by atoms with Gasteiger partial charge in [0, 0.05) is 37.4 Å². The number of carbonyl (C=O) groups is 1. The first-order chi connectivity index (χ1) is 16.4. The summed E-state index contributed by atoms with van der Waals surface area (Å²) in [5.41, 5.74) is 1.67. The van der Waals surface area contributed by atoms with E-state index in [1.165, 1.54) is 23.8 Å². The molecule has 1 saturated heterocycles. The molecule has 3 aromatic carbocycles. The molecule has 34 heavy (non-hydrogen) atoms. The molecule has 0 atom stereocenters. The molecule has 3 aromatic rings. The number of hydrogen-bond donors (Lipinski definition) is 0. The van der Waals surface area contributed by atoms with Crippen LogP contribution < -0.4 is 4.90 Å². The van der Waals surface area contributed by atoms with E-state index in [1.807, 2.05) is 48.5 Å². The van der Waals surface area contributed by atoms with Gasteiger partial charge in [-0.2, -0.15) is 13.2 Å². The largest absolute Gasteiger partial charge is 0.416 e. The predicted octanol–water partition coefficient (Wildman–Crippen LogP) is 6.42. The Labute approximate surface area is 198 Å². The van der Waals surface area contributed by atoms with Gasteiger partial charge in [-0.25, -0.2) is 0 Å². The Morgan fingerprint density at radius 3 is 2.21 bits per heavy atom. The normalized spacial score (nSPS) is 15.5. The van der Waals surface area contributed by atoms with Crippen molar-refractivity contribution >= 4 is 17.7 Å². The standard InChI is InChI=1S/C28H27F3N2O/c29-28(30,31)24-11-7-10-22(20-24)14-15-27(34)33(25-12-5-2-6-13-25)26-16-18-32(19-17-26)21-23-8-3-1-4-9-23/h1-15,20,26H,16-19,21H2/b15-14+. The molecule has 0 N–H and O–H groups in total. The van der Waals surface area contributed by atoms with Gasteiger partial charge in [0.1, 0.15) is 0 Å². The van der Waals surface area contributed by atoms with Crippen molar-refractivity contribution in [3.05, 3.63) is 108 Å². The number of likely N-dealkylation sites (tertiary alicyclic amines) is 1. The fraction of sp³-hybridized carbons (Fsp3) is 0.250. The highest BCUT2D eigenvalue weighted by atomic mass is 19.4. The Kier molecular flexibility index (Phi) is 7.48. The van der Waals surface area contributed by atoms with Gasteiger partial charge >= 0.3 is 6.18 Å². The minimum Gasteiger partial charge on any atom is -0.306 e. The molecule has 176 valence electrons. The van der Waals surface area contributed by atoms with Gasteiger partial charge in [-0.15, -0.1) is 0 Å². The van der Waals surface area contributed by atoms with Crippen LogP contribution in [0.1, 0.15) is 29.5 Å². The minimum absolute atomic E-state index is 0.0214. The lowest BCUT2D eigenvalue weighted by Gasteiger charge is -2.38. The van der Waals surface area contributed by atoms with E-state index < -0.39 is 11.7 Å². The zero-order valence-corrected chi connectivity index (χ0v) is 18.8. The van der Waals surface area contributed by atoms with Gasteiger partial charge in [0.25, 0.3) is 5.91 Å². The average Bonchev–Trinajstić information content (AvgIpc) is 2.85. The van der Waals surface area contributed by atoms with Crippen LogP contribution in [0.2, 0.25) is 0 Å². The Morgan fingerprint density at radius 2 is 1.56 bits per heavy atom. The average molecular weight is 465 g/mol. The Hall–Kier alpha value is -3.38. The van der Waals surface area contributed by atoms with E-state index >= 15 is 0 Å². The van der Waals surface area contributed by atoms with E-state index in [2.05, 4.69) is 17.0 Å². The molecule has 0 unspecified atom stereocenters. The fourth-order valence-corrected chi connectivity index (χ4v) is 4.35. The van der Waals surface area contributed by atoms with Gasteiger partial charge in [0.05, 0.1) is 5.56 Å². The van der Waals surface area contributed by atoms with Gasteiger partial charge in [-0.3, -0.25) is 9.69 Å². The predicted molar refractivity (Wildman–Crippen MR) is 129 cm³/mol. The molecule has 6 heteroatoms. The van der Waals surface area contributed by atoms with Crippen LogP contribution in [-0.2, 0) is 17.5 Å². The third kappa shape index (κ3) is 6.14. The highest BCUT2D eigenvalue weighted by molar-refractivity contribution is 6.04. The van der Waals surface area contributed by atoms with Crippen molar-refractivity contribution in [1.29, 1.82) is 0 Å². The fourth-order valence-electron chi connectivity index (χ4n) is 4.35. The van der Waals surface area contributed by atoms with Crippen molar-refractivity contribution in [1.82, 2.24) is 4.90 Å². The van der Waals surface area contributed by atoms with E-state index in [4.69, 9.17) is 0 Å². The van der Waals surface area contributed by atoms with Gasteiger partial charge < -0.3 is 4.90 Å². The first-order valence-electron chi connectivity index (χ1n) is 11.4. The number of carbonyl (C=O) groups excluding carboxylic acids is 1. The van der Waals surface area contributed by atoms with Crippen molar-refractivity contribution in [3.63, 3.8) is 0 Å². The van der Waals surface area contributed by atoms with E-state index in [9.17, 15) is 18.0 Å². The van der Waals surface area contributed by atoms with Crippen LogP contribution in [-0.4, -0.2) is 29.9 Å². The molecular formula is C28H27F3N2O. The second-order valence-electron chi connectivity index (χ2n) is 8.49. The lowest BCUT2D eigenvalue weighted by Crippen LogP contribution is -2.47. The lowest BCUT2D eigenvalue weighted by molar-refractivity contribution is -0.137. The summed E-state index contributed by atoms with van der Waals surface area (Å²) in [7, 11) is 0. The van der Waals surface area contributed by atoms with Crippen molar-refractivity contribution < 1.29 is 18.0 Å². The summed E-state index contributed by atoms with van der Waals surface area (Å²) in [6, 6.07) is 24.8. The number of hydrogen-bond acceptors (Lipinski definition) is 2. The summed E-state index contributed by atoms with van der Waals surface area (Å²) in [4.78, 5) is 17.4. The molecule has 1 heterocycles. The highest BCUT2D eigenvalue weighted by Gasteiger charge is 2.30. The number of benzene rings is 3. The first kappa shape index (κ1) is 23.8. The van der Waals surface area contributed by atoms with E-state index in [1.54, 1.807) is 11.0 Å². The topological polar surface area (TPSA) is 23.6 Å². The summed E-state index contributed by atoms with van der Waals surface area (Å²) >= 11 is 0. The summed E-state index contributed by atoms with van der Waals surface area (Å²) in [5.74, 6) is -0.231. The summed E-state index contributed by atoms with van der Waals surface area (Å²) in [5, 5.41) is 0. The number of rotatable bonds is 6. The number of amides is 1. The third-order valence-corrected chi connectivity index (χ3v) is 6.08. The van der Waals surface area contributed by atoms with Gasteiger partial charge in [-0.1, -0.05) is 60.7 Å². The van der Waals surface area contributed by atoms with Gasteiger partial charge in [-0.05, 0) is 54.3 Å². The highest BCUT2D eigenvalue weighted by Crippen LogP contribution is 2.30. The van der Waals surface area contributed by atoms with Crippen LogP contribution in [0.25, 0.3) is 6.08 Å². The molecular weight excluding hydrogens is 437 g/mol.